The molecule has 7 nitrogen and oxygen atoms in total. The van der Waals surface area contributed by atoms with E-state index in [1.54, 1.807) is 26.4 Å². The van der Waals surface area contributed by atoms with Crippen molar-refractivity contribution in [2.45, 2.75) is 57.3 Å². The van der Waals surface area contributed by atoms with Crippen LogP contribution in [0.2, 0.25) is 0 Å². The van der Waals surface area contributed by atoms with Crippen molar-refractivity contribution in [3.05, 3.63) is 216 Å². The number of rotatable bonds is 14. The van der Waals surface area contributed by atoms with Crippen LogP contribution in [0.4, 0.5) is 0 Å². The molecule has 1 unspecified atom stereocenters. The van der Waals surface area contributed by atoms with Crippen LogP contribution < -0.4 is 9.47 Å². The molecule has 7 aromatic carbocycles. The van der Waals surface area contributed by atoms with Crippen LogP contribution in [-0.4, -0.2) is 53.7 Å². The minimum absolute atomic E-state index is 0.0557. The maximum absolute atomic E-state index is 13.6. The summed E-state index contributed by atoms with van der Waals surface area (Å²) in [6.07, 6.45) is 3.69. The second-order valence-corrected chi connectivity index (χ2v) is 16.6. The zero-order chi connectivity index (χ0) is 44.3. The summed E-state index contributed by atoms with van der Waals surface area (Å²) < 4.78 is 10.5. The lowest BCUT2D eigenvalue weighted by molar-refractivity contribution is -0.131. The fourth-order valence-electron chi connectivity index (χ4n) is 8.85. The van der Waals surface area contributed by atoms with Crippen molar-refractivity contribution in [3.63, 3.8) is 0 Å². The van der Waals surface area contributed by atoms with Crippen LogP contribution in [0.1, 0.15) is 51.9 Å². The molecule has 2 amide bonds. The van der Waals surface area contributed by atoms with Crippen LogP contribution >= 0.6 is 0 Å². The van der Waals surface area contributed by atoms with E-state index >= 15 is 0 Å². The van der Waals surface area contributed by atoms with Gasteiger partial charge in [-0.1, -0.05) is 164 Å². The Kier molecular flexibility index (Phi) is 14.1. The third kappa shape index (κ3) is 10.7. The Morgan fingerprint density at radius 1 is 0.484 bits per heavy atom. The Balaban J connectivity index is 0.000000181. The van der Waals surface area contributed by atoms with E-state index < -0.39 is 5.92 Å². The number of benzene rings is 7. The highest BCUT2D eigenvalue weighted by Crippen LogP contribution is 2.33. The summed E-state index contributed by atoms with van der Waals surface area (Å²) >= 11 is 0. The number of likely N-dealkylation sites (tertiary alicyclic amines) is 2. The molecule has 7 heteroatoms. The van der Waals surface area contributed by atoms with Crippen LogP contribution in [0, 0.1) is 5.92 Å². The zero-order valence-electron chi connectivity index (χ0n) is 36.5. The SMILES string of the molecule is COc1ccc(CN2C(=O)C(C(=O)c3ccccc3)C[C@H]2Cc2ccc(-c3ccccc3)cc2)cc1.COc1ccc(CN2C(=O)CC[C@H]2Cc2ccc(-c3ccccc3)cc2)cc1. The Bertz CT molecular complexity index is 2600. The summed E-state index contributed by atoms with van der Waals surface area (Å²) in [6, 6.07) is 63.0. The van der Waals surface area contributed by atoms with Crippen LogP contribution in [0.3, 0.4) is 0 Å². The molecule has 9 rings (SSSR count). The number of hydrogen-bond donors (Lipinski definition) is 0. The number of amides is 2. The predicted molar refractivity (Wildman–Crippen MR) is 254 cm³/mol. The number of carbonyl (C=O) groups is 3. The molecule has 3 atom stereocenters. The number of carbonyl (C=O) groups excluding carboxylic acids is 3. The average molecular weight is 847 g/mol. The molecular weight excluding hydrogens is 793 g/mol. The van der Waals surface area contributed by atoms with Crippen molar-refractivity contribution in [2.75, 3.05) is 14.2 Å². The van der Waals surface area contributed by atoms with Gasteiger partial charge in [0, 0.05) is 37.2 Å². The Morgan fingerprint density at radius 3 is 1.36 bits per heavy atom. The second-order valence-electron chi connectivity index (χ2n) is 16.6. The highest BCUT2D eigenvalue weighted by atomic mass is 16.5. The lowest BCUT2D eigenvalue weighted by Crippen LogP contribution is -2.35. The first-order chi connectivity index (χ1) is 31.3. The maximum atomic E-state index is 13.6. The molecule has 2 aliphatic rings. The van der Waals surface area contributed by atoms with E-state index in [4.69, 9.17) is 9.47 Å². The van der Waals surface area contributed by atoms with Crippen molar-refractivity contribution in [1.29, 1.82) is 0 Å². The van der Waals surface area contributed by atoms with E-state index in [2.05, 4.69) is 84.9 Å². The molecule has 0 aromatic heterocycles. The molecule has 0 saturated carbocycles. The molecule has 0 aliphatic carbocycles. The van der Waals surface area contributed by atoms with Crippen molar-refractivity contribution in [2.24, 2.45) is 5.92 Å². The number of Topliss-reactive ketones (excluding diaryl/α,β-unsaturated/α-hetero) is 1. The largest absolute Gasteiger partial charge is 0.497 e. The molecule has 64 heavy (non-hydrogen) atoms. The fraction of sp³-hybridized carbons (Fsp3) is 0.211. The van der Waals surface area contributed by atoms with Gasteiger partial charge in [0.25, 0.3) is 0 Å². The first-order valence-electron chi connectivity index (χ1n) is 22.1. The molecule has 2 aliphatic heterocycles. The zero-order valence-corrected chi connectivity index (χ0v) is 36.5. The summed E-state index contributed by atoms with van der Waals surface area (Å²) in [4.78, 5) is 43.2. The lowest BCUT2D eigenvalue weighted by atomic mass is 9.92. The van der Waals surface area contributed by atoms with Gasteiger partial charge in [0.1, 0.15) is 17.4 Å². The van der Waals surface area contributed by atoms with Gasteiger partial charge in [-0.3, -0.25) is 14.4 Å². The minimum Gasteiger partial charge on any atom is -0.497 e. The molecule has 0 spiro atoms. The molecule has 2 saturated heterocycles. The molecule has 0 N–H and O–H groups in total. The van der Waals surface area contributed by atoms with Gasteiger partial charge in [0.2, 0.25) is 11.8 Å². The third-order valence-corrected chi connectivity index (χ3v) is 12.4. The van der Waals surface area contributed by atoms with Gasteiger partial charge in [-0.25, -0.2) is 0 Å². The smallest absolute Gasteiger partial charge is 0.234 e. The average Bonchev–Trinajstić information content (AvgIpc) is 3.86. The summed E-state index contributed by atoms with van der Waals surface area (Å²) in [6.45, 7) is 1.13. The Labute approximate surface area is 376 Å². The van der Waals surface area contributed by atoms with Gasteiger partial charge in [-0.2, -0.15) is 0 Å². The molecule has 2 heterocycles. The van der Waals surface area contributed by atoms with E-state index in [9.17, 15) is 14.4 Å². The van der Waals surface area contributed by atoms with Gasteiger partial charge in [0.05, 0.1) is 14.2 Å². The van der Waals surface area contributed by atoms with E-state index in [1.807, 2.05) is 101 Å². The number of nitrogens with zero attached hydrogens (tertiary/aromatic N) is 2. The van der Waals surface area contributed by atoms with Crippen LogP contribution in [-0.2, 0) is 35.5 Å². The van der Waals surface area contributed by atoms with Crippen LogP contribution in [0.25, 0.3) is 22.3 Å². The second kappa shape index (κ2) is 20.7. The highest BCUT2D eigenvalue weighted by molar-refractivity contribution is 6.11. The number of hydrogen-bond acceptors (Lipinski definition) is 5. The van der Waals surface area contributed by atoms with Gasteiger partial charge in [-0.15, -0.1) is 0 Å². The first kappa shape index (κ1) is 43.4. The summed E-state index contributed by atoms with van der Waals surface area (Å²) in [5, 5.41) is 0. The van der Waals surface area contributed by atoms with Crippen molar-refractivity contribution in [3.8, 4) is 33.8 Å². The van der Waals surface area contributed by atoms with Crippen molar-refractivity contribution >= 4 is 17.6 Å². The maximum Gasteiger partial charge on any atom is 0.234 e. The van der Waals surface area contributed by atoms with E-state index in [-0.39, 0.29) is 29.7 Å². The summed E-state index contributed by atoms with van der Waals surface area (Å²) in [7, 11) is 3.30. The number of ketones is 1. The minimum atomic E-state index is -0.653. The third-order valence-electron chi connectivity index (χ3n) is 12.4. The van der Waals surface area contributed by atoms with E-state index in [0.717, 1.165) is 46.6 Å². The highest BCUT2D eigenvalue weighted by Gasteiger charge is 2.43. The molecule has 7 aromatic rings. The standard InChI is InChI=1S/C32H29NO3.C25H25NO2/c1-36-29-18-14-24(15-19-29)22-33-28(21-30(32(33)35)31(34)27-10-6-3-7-11-27)20-23-12-16-26(17-13-23)25-8-4-2-5-9-25;1-28-24-14-9-20(10-15-24)18-26-23(13-16-25(26)27)17-19-7-11-22(12-8-19)21-5-3-2-4-6-21/h2-19,28,30H,20-22H2,1H3;2-12,14-15,23H,13,16-18H2,1H3/t28-,30?;23-/m10/s1. The number of methoxy groups -OCH3 is 2. The van der Waals surface area contributed by atoms with Crippen LogP contribution in [0.15, 0.2) is 188 Å². The normalized spacial score (nSPS) is 16.9. The van der Waals surface area contributed by atoms with Gasteiger partial charge >= 0.3 is 0 Å². The summed E-state index contributed by atoms with van der Waals surface area (Å²) in [5.74, 6) is 1.03. The predicted octanol–water partition coefficient (Wildman–Crippen LogP) is 11.3. The Morgan fingerprint density at radius 2 is 0.891 bits per heavy atom. The fourth-order valence-corrected chi connectivity index (χ4v) is 8.85. The monoisotopic (exact) mass is 846 g/mol. The summed E-state index contributed by atoms with van der Waals surface area (Å²) in [5.41, 5.74) is 9.96. The van der Waals surface area contributed by atoms with Gasteiger partial charge < -0.3 is 19.3 Å². The van der Waals surface area contributed by atoms with Gasteiger partial charge in [-0.05, 0) is 94.5 Å². The van der Waals surface area contributed by atoms with Crippen molar-refractivity contribution < 1.29 is 23.9 Å². The number of ether oxygens (including phenoxy) is 2. The quantitative estimate of drug-likeness (QED) is 0.0805. The van der Waals surface area contributed by atoms with Gasteiger partial charge in [0.15, 0.2) is 5.78 Å². The topological polar surface area (TPSA) is 76.2 Å². The molecule has 0 radical (unpaired) electrons. The molecule has 2 fully saturated rings. The lowest BCUT2D eigenvalue weighted by Gasteiger charge is -2.25. The van der Waals surface area contributed by atoms with E-state index in [1.165, 1.54) is 22.3 Å². The molecule has 0 bridgehead atoms. The van der Waals surface area contributed by atoms with E-state index in [0.29, 0.717) is 37.9 Å². The van der Waals surface area contributed by atoms with Crippen molar-refractivity contribution in [1.82, 2.24) is 9.80 Å². The first-order valence-corrected chi connectivity index (χ1v) is 22.1. The Hall–Kier alpha value is -7.25. The van der Waals surface area contributed by atoms with Crippen LogP contribution in [0.5, 0.6) is 11.5 Å². The molecule has 322 valence electrons. The molecular formula is C57H54N2O5.